The van der Waals surface area contributed by atoms with Gasteiger partial charge in [-0.05, 0) is 38.8 Å². The number of benzene rings is 2. The minimum absolute atomic E-state index is 0.0306. The van der Waals surface area contributed by atoms with E-state index in [-0.39, 0.29) is 23.9 Å². The van der Waals surface area contributed by atoms with Crippen LogP contribution in [0.1, 0.15) is 43.6 Å². The van der Waals surface area contributed by atoms with E-state index in [0.717, 1.165) is 28.6 Å². The monoisotopic (exact) mass is 418 g/mol. The van der Waals surface area contributed by atoms with Crippen molar-refractivity contribution in [1.29, 1.82) is 0 Å². The van der Waals surface area contributed by atoms with E-state index in [9.17, 15) is 4.39 Å². The van der Waals surface area contributed by atoms with Crippen LogP contribution >= 0.6 is 0 Å². The van der Waals surface area contributed by atoms with E-state index in [1.54, 1.807) is 0 Å². The summed E-state index contributed by atoms with van der Waals surface area (Å²) in [5, 5.41) is 1.02. The molecule has 0 radical (unpaired) electrons. The summed E-state index contributed by atoms with van der Waals surface area (Å²) in [5.74, 6) is -1.62. The second kappa shape index (κ2) is 7.63. The summed E-state index contributed by atoms with van der Waals surface area (Å²) in [6.45, 7) is 4.93. The third-order valence-electron chi connectivity index (χ3n) is 5.58. The highest BCUT2D eigenvalue weighted by Gasteiger charge is 2.41. The van der Waals surface area contributed by atoms with Crippen LogP contribution in [0.5, 0.6) is 5.75 Å². The molecule has 0 saturated heterocycles. The van der Waals surface area contributed by atoms with Crippen molar-refractivity contribution in [2.24, 2.45) is 0 Å². The molecular weight excluding hydrogens is 393 g/mol. The molecule has 1 N–H and O–H groups in total. The van der Waals surface area contributed by atoms with Crippen molar-refractivity contribution < 1.29 is 22.9 Å². The van der Waals surface area contributed by atoms with Crippen molar-refractivity contribution in [3.8, 4) is 5.75 Å². The lowest BCUT2D eigenvalue weighted by Crippen LogP contribution is -2.48. The van der Waals surface area contributed by atoms with E-state index in [1.165, 1.54) is 21.0 Å². The summed E-state index contributed by atoms with van der Waals surface area (Å²) < 4.78 is 45.1. The van der Waals surface area contributed by atoms with Crippen LogP contribution in [-0.4, -0.2) is 35.2 Å². The van der Waals surface area contributed by atoms with Gasteiger partial charge in [0.2, 0.25) is 0 Å². The lowest BCUT2D eigenvalue weighted by molar-refractivity contribution is -0.178. The summed E-state index contributed by atoms with van der Waals surface area (Å²) in [6.07, 6.45) is 0.653. The van der Waals surface area contributed by atoms with Crippen LogP contribution in [0, 0.1) is 11.6 Å². The normalized spacial score (nSPS) is 19.8. The zero-order valence-electron chi connectivity index (χ0n) is 17.4. The number of fused-ring (bicyclic) bond motifs is 3. The SMILES string of the molecule is COOc1cc(F)c([C@@H]2c3[nH]c4ccccc4c3C[C@@H](C)N2CC(C)(C)F)c(F)c1. The smallest absolute Gasteiger partial charge is 0.171 e. The maximum absolute atomic E-state index is 15.2. The Bertz CT molecular complexity index is 1050. The minimum atomic E-state index is -1.54. The highest BCUT2D eigenvalue weighted by Crippen LogP contribution is 2.43. The third kappa shape index (κ3) is 3.68. The van der Waals surface area contributed by atoms with Gasteiger partial charge >= 0.3 is 0 Å². The second-order valence-electron chi connectivity index (χ2n) is 8.46. The van der Waals surface area contributed by atoms with Gasteiger partial charge in [0.1, 0.15) is 17.3 Å². The van der Waals surface area contributed by atoms with Crippen LogP contribution in [0.4, 0.5) is 13.2 Å². The molecule has 160 valence electrons. The number of hydrogen-bond acceptors (Lipinski definition) is 3. The van der Waals surface area contributed by atoms with Crippen LogP contribution in [0.15, 0.2) is 36.4 Å². The molecule has 0 amide bonds. The Morgan fingerprint density at radius 3 is 2.47 bits per heavy atom. The molecule has 0 aliphatic carbocycles. The van der Waals surface area contributed by atoms with Gasteiger partial charge in [0.15, 0.2) is 5.75 Å². The van der Waals surface area contributed by atoms with Crippen molar-refractivity contribution in [2.75, 3.05) is 13.7 Å². The Hall–Kier alpha value is -2.51. The first kappa shape index (κ1) is 20.8. The predicted octanol–water partition coefficient (Wildman–Crippen LogP) is 5.47. The summed E-state index contributed by atoms with van der Waals surface area (Å²) in [6, 6.07) is 9.01. The van der Waals surface area contributed by atoms with E-state index in [0.29, 0.717) is 12.1 Å². The second-order valence-corrected chi connectivity index (χ2v) is 8.46. The quantitative estimate of drug-likeness (QED) is 0.441. The number of aromatic nitrogens is 1. The largest absolute Gasteiger partial charge is 0.357 e. The van der Waals surface area contributed by atoms with Gasteiger partial charge in [-0.1, -0.05) is 18.2 Å². The molecule has 4 nitrogen and oxygen atoms in total. The van der Waals surface area contributed by atoms with Gasteiger partial charge in [-0.2, -0.15) is 4.89 Å². The molecule has 2 aromatic carbocycles. The maximum Gasteiger partial charge on any atom is 0.171 e. The van der Waals surface area contributed by atoms with Crippen LogP contribution in [0.3, 0.4) is 0 Å². The van der Waals surface area contributed by atoms with Crippen molar-refractivity contribution in [3.05, 3.63) is 64.9 Å². The lowest BCUT2D eigenvalue weighted by atomic mass is 9.87. The number of nitrogens with one attached hydrogen (secondary N) is 1. The molecule has 7 heteroatoms. The molecule has 0 saturated carbocycles. The van der Waals surface area contributed by atoms with E-state index in [4.69, 9.17) is 4.89 Å². The zero-order chi connectivity index (χ0) is 21.6. The van der Waals surface area contributed by atoms with Crippen LogP contribution in [0.25, 0.3) is 10.9 Å². The Labute approximate surface area is 173 Å². The van der Waals surface area contributed by atoms with E-state index >= 15 is 8.78 Å². The molecule has 0 spiro atoms. The summed E-state index contributed by atoms with van der Waals surface area (Å²) in [5.41, 5.74) is 0.911. The molecule has 1 aromatic heterocycles. The van der Waals surface area contributed by atoms with Gasteiger partial charge in [-0.25, -0.2) is 13.2 Å². The fourth-order valence-corrected chi connectivity index (χ4v) is 4.47. The molecule has 1 aliphatic rings. The van der Waals surface area contributed by atoms with E-state index in [1.807, 2.05) is 36.1 Å². The summed E-state index contributed by atoms with van der Waals surface area (Å²) in [7, 11) is 1.26. The van der Waals surface area contributed by atoms with E-state index < -0.39 is 23.3 Å². The first-order valence-electron chi connectivity index (χ1n) is 9.93. The molecule has 30 heavy (non-hydrogen) atoms. The number of H-pyrrole nitrogens is 1. The van der Waals surface area contributed by atoms with Gasteiger partial charge in [0, 0.05) is 46.9 Å². The number of alkyl halides is 1. The molecule has 0 bridgehead atoms. The van der Waals surface area contributed by atoms with Gasteiger partial charge in [0.25, 0.3) is 0 Å². The van der Waals surface area contributed by atoms with Crippen molar-refractivity contribution in [3.63, 3.8) is 0 Å². The number of aromatic amines is 1. The number of halogens is 3. The highest BCUT2D eigenvalue weighted by molar-refractivity contribution is 5.85. The molecule has 2 heterocycles. The molecule has 1 aliphatic heterocycles. The Morgan fingerprint density at radius 1 is 1.17 bits per heavy atom. The molecule has 3 aromatic rings. The molecule has 4 rings (SSSR count). The lowest BCUT2D eigenvalue weighted by Gasteiger charge is -2.43. The standard InChI is InChI=1S/C23H25F3N2O2/c1-13-9-16-15-7-5-6-8-19(15)27-21(16)22(28(13)12-23(2,3)26)20-17(24)10-14(30-29-4)11-18(20)25/h5-8,10-11,13,22,27H,9,12H2,1-4H3/t13-,22-/m1/s1. The Kier molecular flexibility index (Phi) is 5.28. The van der Waals surface area contributed by atoms with Crippen molar-refractivity contribution in [2.45, 2.75) is 44.9 Å². The Morgan fingerprint density at radius 2 is 1.83 bits per heavy atom. The number of para-hydroxylation sites is 1. The maximum atomic E-state index is 15.2. The number of nitrogens with zero attached hydrogens (tertiary/aromatic N) is 1. The topological polar surface area (TPSA) is 37.5 Å². The van der Waals surface area contributed by atoms with Gasteiger partial charge in [-0.15, -0.1) is 0 Å². The fourth-order valence-electron chi connectivity index (χ4n) is 4.47. The van der Waals surface area contributed by atoms with Gasteiger partial charge in [0.05, 0.1) is 13.2 Å². The third-order valence-corrected chi connectivity index (χ3v) is 5.58. The van der Waals surface area contributed by atoms with Gasteiger partial charge in [-0.3, -0.25) is 4.90 Å². The van der Waals surface area contributed by atoms with E-state index in [2.05, 4.69) is 9.87 Å². The van der Waals surface area contributed by atoms with Crippen LogP contribution in [-0.2, 0) is 11.3 Å². The fraction of sp³-hybridized carbons (Fsp3) is 0.391. The predicted molar refractivity (Wildman–Crippen MR) is 109 cm³/mol. The first-order valence-corrected chi connectivity index (χ1v) is 9.93. The summed E-state index contributed by atoms with van der Waals surface area (Å²) in [4.78, 5) is 14.5. The van der Waals surface area contributed by atoms with Crippen molar-refractivity contribution in [1.82, 2.24) is 9.88 Å². The van der Waals surface area contributed by atoms with Crippen LogP contribution in [0.2, 0.25) is 0 Å². The minimum Gasteiger partial charge on any atom is -0.357 e. The molecule has 0 fully saturated rings. The summed E-state index contributed by atoms with van der Waals surface area (Å²) >= 11 is 0. The first-order chi connectivity index (χ1) is 14.2. The average molecular weight is 418 g/mol. The Balaban J connectivity index is 1.93. The molecular formula is C23H25F3N2O2. The van der Waals surface area contributed by atoms with Crippen LogP contribution < -0.4 is 4.89 Å². The number of rotatable bonds is 5. The molecule has 2 atom stereocenters. The van der Waals surface area contributed by atoms with Crippen molar-refractivity contribution >= 4 is 10.9 Å². The molecule has 0 unspecified atom stereocenters. The van der Waals surface area contributed by atoms with Gasteiger partial charge < -0.3 is 9.87 Å². The average Bonchev–Trinajstić information content (AvgIpc) is 3.01. The zero-order valence-corrected chi connectivity index (χ0v) is 17.4. The highest BCUT2D eigenvalue weighted by atomic mass is 19.1. The number of hydrogen-bond donors (Lipinski definition) is 1.